The second kappa shape index (κ2) is 5.80. The van der Waals surface area contributed by atoms with Gasteiger partial charge >= 0.3 is 0 Å². The highest BCUT2D eigenvalue weighted by Crippen LogP contribution is 2.29. The molecule has 19 heavy (non-hydrogen) atoms. The van der Waals surface area contributed by atoms with E-state index in [1.165, 1.54) is 12.1 Å². The normalized spacial score (nSPS) is 12.5. The molecule has 1 nitrogen and oxygen atoms in total. The van der Waals surface area contributed by atoms with E-state index in [0.717, 1.165) is 21.7 Å². The summed E-state index contributed by atoms with van der Waals surface area (Å²) >= 11 is 3.47. The lowest BCUT2D eigenvalue weighted by molar-refractivity contribution is 0.571. The minimum absolute atomic E-state index is 0.248. The molecule has 0 spiro atoms. The van der Waals surface area contributed by atoms with E-state index >= 15 is 0 Å². The van der Waals surface area contributed by atoms with Crippen molar-refractivity contribution in [2.45, 2.75) is 13.0 Å². The molecule has 0 aliphatic heterocycles. The molecule has 0 heterocycles. The Morgan fingerprint density at radius 2 is 1.74 bits per heavy atom. The monoisotopic (exact) mass is 325 g/mol. The molecular weight excluding hydrogens is 312 g/mol. The summed E-state index contributed by atoms with van der Waals surface area (Å²) < 4.78 is 27.7. The summed E-state index contributed by atoms with van der Waals surface area (Å²) in [5.74, 6) is -1.13. The fourth-order valence-electron chi connectivity index (χ4n) is 2.18. The Balaban J connectivity index is 2.53. The van der Waals surface area contributed by atoms with E-state index in [-0.39, 0.29) is 6.04 Å². The molecule has 0 saturated carbocycles. The number of hydrogen-bond acceptors (Lipinski definition) is 1. The fourth-order valence-corrected chi connectivity index (χ4v) is 2.56. The quantitative estimate of drug-likeness (QED) is 0.884. The van der Waals surface area contributed by atoms with Gasteiger partial charge < -0.3 is 5.32 Å². The van der Waals surface area contributed by atoms with Crippen LogP contribution in [0.2, 0.25) is 0 Å². The van der Waals surface area contributed by atoms with Gasteiger partial charge in [0.1, 0.15) is 11.6 Å². The van der Waals surface area contributed by atoms with E-state index in [2.05, 4.69) is 21.2 Å². The van der Waals surface area contributed by atoms with E-state index in [0.29, 0.717) is 5.56 Å². The maximum absolute atomic E-state index is 13.3. The SMILES string of the molecule is CNC(c1cc(F)cc(F)c1)c1cccc(Br)c1C. The second-order valence-corrected chi connectivity index (χ2v) is 5.23. The van der Waals surface area contributed by atoms with Crippen LogP contribution in [-0.4, -0.2) is 7.05 Å². The minimum Gasteiger partial charge on any atom is -0.309 e. The predicted octanol–water partition coefficient (Wildman–Crippen LogP) is 4.34. The Hall–Kier alpha value is -1.26. The van der Waals surface area contributed by atoms with Crippen LogP contribution in [0.4, 0.5) is 8.78 Å². The molecule has 2 aromatic carbocycles. The molecule has 1 N–H and O–H groups in total. The van der Waals surface area contributed by atoms with Crippen molar-refractivity contribution in [3.05, 3.63) is 69.2 Å². The van der Waals surface area contributed by atoms with Gasteiger partial charge in [-0.2, -0.15) is 0 Å². The molecular formula is C15H14BrF2N. The number of halogens is 3. The summed E-state index contributed by atoms with van der Waals surface area (Å²) in [5.41, 5.74) is 2.61. The highest BCUT2D eigenvalue weighted by molar-refractivity contribution is 9.10. The average molecular weight is 326 g/mol. The van der Waals surface area contributed by atoms with Gasteiger partial charge in [-0.3, -0.25) is 0 Å². The lowest BCUT2D eigenvalue weighted by Gasteiger charge is -2.20. The minimum atomic E-state index is -0.567. The zero-order chi connectivity index (χ0) is 14.0. The number of nitrogens with one attached hydrogen (secondary N) is 1. The molecule has 0 fully saturated rings. The maximum Gasteiger partial charge on any atom is 0.126 e. The number of hydrogen-bond donors (Lipinski definition) is 1. The van der Waals surface area contributed by atoms with Gasteiger partial charge in [-0.15, -0.1) is 0 Å². The van der Waals surface area contributed by atoms with Gasteiger partial charge in [0.25, 0.3) is 0 Å². The standard InChI is InChI=1S/C15H14BrF2N/c1-9-13(4-3-5-14(9)16)15(19-2)10-6-11(17)8-12(18)7-10/h3-8,15,19H,1-2H3. The average Bonchev–Trinajstić information content (AvgIpc) is 2.34. The summed E-state index contributed by atoms with van der Waals surface area (Å²) in [6.07, 6.45) is 0. The molecule has 0 aliphatic carbocycles. The molecule has 0 saturated heterocycles. The molecule has 0 aromatic heterocycles. The molecule has 2 aromatic rings. The van der Waals surface area contributed by atoms with Crippen LogP contribution >= 0.6 is 15.9 Å². The maximum atomic E-state index is 13.3. The van der Waals surface area contributed by atoms with Crippen molar-refractivity contribution in [3.8, 4) is 0 Å². The highest BCUT2D eigenvalue weighted by Gasteiger charge is 2.16. The lowest BCUT2D eigenvalue weighted by Crippen LogP contribution is -2.19. The van der Waals surface area contributed by atoms with Gasteiger partial charge in [-0.05, 0) is 48.9 Å². The van der Waals surface area contributed by atoms with Gasteiger partial charge in [0.15, 0.2) is 0 Å². The van der Waals surface area contributed by atoms with Gasteiger partial charge in [0, 0.05) is 10.5 Å². The first kappa shape index (κ1) is 14.2. The molecule has 1 atom stereocenters. The zero-order valence-electron chi connectivity index (χ0n) is 10.7. The summed E-state index contributed by atoms with van der Waals surface area (Å²) in [6, 6.07) is 9.13. The Morgan fingerprint density at radius 3 is 2.32 bits per heavy atom. The molecule has 1 unspecified atom stereocenters. The van der Waals surface area contributed by atoms with Crippen molar-refractivity contribution in [1.82, 2.24) is 5.32 Å². The van der Waals surface area contributed by atoms with Gasteiger partial charge in [-0.1, -0.05) is 28.1 Å². The molecule has 100 valence electrons. The molecule has 0 amide bonds. The van der Waals surface area contributed by atoms with Crippen molar-refractivity contribution >= 4 is 15.9 Å². The topological polar surface area (TPSA) is 12.0 Å². The molecule has 4 heteroatoms. The summed E-state index contributed by atoms with van der Waals surface area (Å²) in [6.45, 7) is 1.97. The third kappa shape index (κ3) is 3.01. The summed E-state index contributed by atoms with van der Waals surface area (Å²) in [7, 11) is 1.77. The van der Waals surface area contributed by atoms with E-state index in [1.54, 1.807) is 7.05 Å². The number of benzene rings is 2. The Bertz CT molecular complexity index is 578. The van der Waals surface area contributed by atoms with Crippen molar-refractivity contribution in [3.63, 3.8) is 0 Å². The summed E-state index contributed by atoms with van der Waals surface area (Å²) in [4.78, 5) is 0. The lowest BCUT2D eigenvalue weighted by atomic mass is 9.95. The molecule has 0 aliphatic rings. The van der Waals surface area contributed by atoms with Gasteiger partial charge in [-0.25, -0.2) is 8.78 Å². The van der Waals surface area contributed by atoms with Crippen LogP contribution in [0.15, 0.2) is 40.9 Å². The van der Waals surface area contributed by atoms with Crippen LogP contribution in [0.1, 0.15) is 22.7 Å². The first-order valence-electron chi connectivity index (χ1n) is 5.91. The van der Waals surface area contributed by atoms with Gasteiger partial charge in [0.2, 0.25) is 0 Å². The van der Waals surface area contributed by atoms with E-state index < -0.39 is 11.6 Å². The van der Waals surface area contributed by atoms with E-state index in [9.17, 15) is 8.78 Å². The Labute approximate surface area is 119 Å². The predicted molar refractivity (Wildman–Crippen MR) is 76.1 cm³/mol. The van der Waals surface area contributed by atoms with E-state index in [4.69, 9.17) is 0 Å². The van der Waals surface area contributed by atoms with Crippen molar-refractivity contribution in [2.24, 2.45) is 0 Å². The second-order valence-electron chi connectivity index (χ2n) is 4.38. The number of rotatable bonds is 3. The third-order valence-electron chi connectivity index (χ3n) is 3.13. The van der Waals surface area contributed by atoms with Crippen LogP contribution in [0.5, 0.6) is 0 Å². The van der Waals surface area contributed by atoms with Crippen LogP contribution in [-0.2, 0) is 0 Å². The van der Waals surface area contributed by atoms with Crippen LogP contribution in [0, 0.1) is 18.6 Å². The summed E-state index contributed by atoms with van der Waals surface area (Å²) in [5, 5.41) is 3.10. The van der Waals surface area contributed by atoms with E-state index in [1.807, 2.05) is 25.1 Å². The third-order valence-corrected chi connectivity index (χ3v) is 3.99. The largest absolute Gasteiger partial charge is 0.309 e. The molecule has 0 bridgehead atoms. The Morgan fingerprint density at radius 1 is 1.11 bits per heavy atom. The smallest absolute Gasteiger partial charge is 0.126 e. The van der Waals surface area contributed by atoms with Crippen molar-refractivity contribution in [2.75, 3.05) is 7.05 Å². The first-order chi connectivity index (χ1) is 9.02. The fraction of sp³-hybridized carbons (Fsp3) is 0.200. The van der Waals surface area contributed by atoms with Crippen LogP contribution in [0.25, 0.3) is 0 Å². The van der Waals surface area contributed by atoms with Crippen molar-refractivity contribution < 1.29 is 8.78 Å². The van der Waals surface area contributed by atoms with Gasteiger partial charge in [0.05, 0.1) is 6.04 Å². The highest BCUT2D eigenvalue weighted by atomic mass is 79.9. The molecule has 0 radical (unpaired) electrons. The van der Waals surface area contributed by atoms with Crippen molar-refractivity contribution in [1.29, 1.82) is 0 Å². The van der Waals surface area contributed by atoms with Crippen LogP contribution in [0.3, 0.4) is 0 Å². The Kier molecular flexibility index (Phi) is 4.32. The van der Waals surface area contributed by atoms with Crippen LogP contribution < -0.4 is 5.32 Å². The zero-order valence-corrected chi connectivity index (χ0v) is 12.3. The molecule has 2 rings (SSSR count). The first-order valence-corrected chi connectivity index (χ1v) is 6.70.